The summed E-state index contributed by atoms with van der Waals surface area (Å²) >= 11 is 0. The number of nitrogens with one attached hydrogen (secondary N) is 1. The topological polar surface area (TPSA) is 41.6 Å². The maximum Gasteiger partial charge on any atom is 0.231 e. The van der Waals surface area contributed by atoms with Crippen molar-refractivity contribution in [2.45, 2.75) is 31.4 Å². The molecule has 0 aromatic heterocycles. The number of hydrogen-bond donors (Lipinski definition) is 1. The van der Waals surface area contributed by atoms with Gasteiger partial charge in [0.1, 0.15) is 0 Å². The molecule has 1 aromatic carbocycles. The summed E-state index contributed by atoms with van der Waals surface area (Å²) in [6.45, 7) is 3.12. The predicted octanol–water partition coefficient (Wildman–Crippen LogP) is 1.51. The largest absolute Gasteiger partial charge is 0.376 e. The van der Waals surface area contributed by atoms with Gasteiger partial charge in [-0.1, -0.05) is 24.3 Å². The van der Waals surface area contributed by atoms with Gasteiger partial charge in [0, 0.05) is 33.3 Å². The zero-order valence-electron chi connectivity index (χ0n) is 12.0. The third-order valence-corrected chi connectivity index (χ3v) is 4.27. The highest BCUT2D eigenvalue weighted by molar-refractivity contribution is 5.84. The molecule has 0 saturated carbocycles. The van der Waals surface area contributed by atoms with Crippen LogP contribution in [0.25, 0.3) is 0 Å². The standard InChI is InChI=1S/C16H22N2O2/c1-18(11-13-6-4-8-20-13)16(19)15-10-17-9-12-5-2-3-7-14(12)15/h2-3,5,7,13,15,17H,4,6,8-11H2,1H3. The first-order valence-electron chi connectivity index (χ1n) is 7.41. The number of ether oxygens (including phenoxy) is 1. The first-order chi connectivity index (χ1) is 9.75. The maximum absolute atomic E-state index is 12.7. The molecule has 1 aromatic rings. The van der Waals surface area contributed by atoms with E-state index in [1.807, 2.05) is 24.1 Å². The van der Waals surface area contributed by atoms with Gasteiger partial charge >= 0.3 is 0 Å². The van der Waals surface area contributed by atoms with E-state index in [1.165, 1.54) is 11.1 Å². The molecule has 108 valence electrons. The van der Waals surface area contributed by atoms with E-state index in [0.717, 1.165) is 32.5 Å². The van der Waals surface area contributed by atoms with Crippen LogP contribution in [0.3, 0.4) is 0 Å². The van der Waals surface area contributed by atoms with Gasteiger partial charge < -0.3 is 15.0 Å². The number of likely N-dealkylation sites (N-methyl/N-ethyl adjacent to an activating group) is 1. The van der Waals surface area contributed by atoms with Gasteiger partial charge in [-0.25, -0.2) is 0 Å². The molecule has 2 aliphatic heterocycles. The smallest absolute Gasteiger partial charge is 0.231 e. The molecule has 1 N–H and O–H groups in total. The number of amides is 1. The molecule has 0 spiro atoms. The minimum atomic E-state index is -0.0636. The Morgan fingerprint density at radius 3 is 3.10 bits per heavy atom. The Hall–Kier alpha value is -1.39. The molecule has 20 heavy (non-hydrogen) atoms. The van der Waals surface area contributed by atoms with Gasteiger partial charge in [0.05, 0.1) is 12.0 Å². The molecule has 2 aliphatic rings. The van der Waals surface area contributed by atoms with Crippen LogP contribution >= 0.6 is 0 Å². The number of rotatable bonds is 3. The molecule has 2 atom stereocenters. The third kappa shape index (κ3) is 2.72. The number of fused-ring (bicyclic) bond motifs is 1. The summed E-state index contributed by atoms with van der Waals surface area (Å²) in [4.78, 5) is 14.5. The predicted molar refractivity (Wildman–Crippen MR) is 77.5 cm³/mol. The summed E-state index contributed by atoms with van der Waals surface area (Å²) in [5.41, 5.74) is 2.41. The highest BCUT2D eigenvalue weighted by Gasteiger charge is 2.29. The molecule has 2 heterocycles. The molecule has 1 fully saturated rings. The van der Waals surface area contributed by atoms with Crippen LogP contribution in [-0.2, 0) is 16.1 Å². The molecule has 1 saturated heterocycles. The Labute approximate surface area is 120 Å². The summed E-state index contributed by atoms with van der Waals surface area (Å²) in [6.07, 6.45) is 2.40. The van der Waals surface area contributed by atoms with Crippen LogP contribution in [-0.4, -0.2) is 43.7 Å². The molecular formula is C16H22N2O2. The fraction of sp³-hybridized carbons (Fsp3) is 0.562. The van der Waals surface area contributed by atoms with Crippen molar-refractivity contribution in [2.75, 3.05) is 26.7 Å². The van der Waals surface area contributed by atoms with Crippen molar-refractivity contribution in [3.05, 3.63) is 35.4 Å². The van der Waals surface area contributed by atoms with Crippen LogP contribution in [0.4, 0.5) is 0 Å². The van der Waals surface area contributed by atoms with Gasteiger partial charge in [0.25, 0.3) is 0 Å². The quantitative estimate of drug-likeness (QED) is 0.908. The zero-order valence-corrected chi connectivity index (χ0v) is 12.0. The Morgan fingerprint density at radius 1 is 1.45 bits per heavy atom. The number of nitrogens with zero attached hydrogens (tertiary/aromatic N) is 1. The summed E-state index contributed by atoms with van der Waals surface area (Å²) in [5, 5.41) is 3.34. The van der Waals surface area contributed by atoms with Crippen molar-refractivity contribution in [3.8, 4) is 0 Å². The summed E-state index contributed by atoms with van der Waals surface area (Å²) in [7, 11) is 1.89. The lowest BCUT2D eigenvalue weighted by Crippen LogP contribution is -2.42. The van der Waals surface area contributed by atoms with Crippen molar-refractivity contribution in [1.82, 2.24) is 10.2 Å². The third-order valence-electron chi connectivity index (χ3n) is 4.27. The van der Waals surface area contributed by atoms with E-state index < -0.39 is 0 Å². The lowest BCUT2D eigenvalue weighted by molar-refractivity contribution is -0.133. The van der Waals surface area contributed by atoms with Crippen LogP contribution in [0, 0.1) is 0 Å². The number of benzene rings is 1. The Balaban J connectivity index is 1.70. The van der Waals surface area contributed by atoms with Gasteiger partial charge in [0.15, 0.2) is 0 Å². The second-order valence-electron chi connectivity index (χ2n) is 5.74. The van der Waals surface area contributed by atoms with Crippen LogP contribution in [0.2, 0.25) is 0 Å². The van der Waals surface area contributed by atoms with Gasteiger partial charge in [-0.15, -0.1) is 0 Å². The van der Waals surface area contributed by atoms with Crippen molar-refractivity contribution in [3.63, 3.8) is 0 Å². The van der Waals surface area contributed by atoms with Gasteiger partial charge in [-0.2, -0.15) is 0 Å². The Bertz CT molecular complexity index is 483. The molecular weight excluding hydrogens is 252 g/mol. The maximum atomic E-state index is 12.7. The molecule has 4 heteroatoms. The zero-order chi connectivity index (χ0) is 13.9. The Kier molecular flexibility index (Phi) is 4.03. The summed E-state index contributed by atoms with van der Waals surface area (Å²) in [6, 6.07) is 8.23. The second kappa shape index (κ2) is 5.94. The SMILES string of the molecule is CN(CC1CCCO1)C(=O)C1CNCc2ccccc21. The van der Waals surface area contributed by atoms with Crippen molar-refractivity contribution >= 4 is 5.91 Å². The molecule has 4 nitrogen and oxygen atoms in total. The molecule has 3 rings (SSSR count). The number of carbonyl (C=O) groups excluding carboxylic acids is 1. The van der Waals surface area contributed by atoms with Crippen molar-refractivity contribution < 1.29 is 9.53 Å². The van der Waals surface area contributed by atoms with E-state index >= 15 is 0 Å². The fourth-order valence-electron chi connectivity index (χ4n) is 3.17. The number of hydrogen-bond acceptors (Lipinski definition) is 3. The van der Waals surface area contributed by atoms with E-state index in [1.54, 1.807) is 0 Å². The van der Waals surface area contributed by atoms with E-state index in [9.17, 15) is 4.79 Å². The van der Waals surface area contributed by atoms with Gasteiger partial charge in [-0.05, 0) is 24.0 Å². The first-order valence-corrected chi connectivity index (χ1v) is 7.41. The first kappa shape index (κ1) is 13.6. The average molecular weight is 274 g/mol. The second-order valence-corrected chi connectivity index (χ2v) is 5.74. The van der Waals surface area contributed by atoms with E-state index in [0.29, 0.717) is 6.54 Å². The monoisotopic (exact) mass is 274 g/mol. The molecule has 0 radical (unpaired) electrons. The van der Waals surface area contributed by atoms with Gasteiger partial charge in [0.2, 0.25) is 5.91 Å². The van der Waals surface area contributed by atoms with Gasteiger partial charge in [-0.3, -0.25) is 4.79 Å². The lowest BCUT2D eigenvalue weighted by Gasteiger charge is -2.30. The van der Waals surface area contributed by atoms with E-state index in [4.69, 9.17) is 4.74 Å². The molecule has 2 unspecified atom stereocenters. The van der Waals surface area contributed by atoms with Crippen LogP contribution in [0.5, 0.6) is 0 Å². The van der Waals surface area contributed by atoms with Crippen LogP contribution < -0.4 is 5.32 Å². The normalized spacial score (nSPS) is 25.2. The van der Waals surface area contributed by atoms with Crippen LogP contribution in [0.1, 0.15) is 29.9 Å². The molecule has 1 amide bonds. The highest BCUT2D eigenvalue weighted by atomic mass is 16.5. The molecule has 0 bridgehead atoms. The minimum absolute atomic E-state index is 0.0636. The van der Waals surface area contributed by atoms with Crippen LogP contribution in [0.15, 0.2) is 24.3 Å². The highest BCUT2D eigenvalue weighted by Crippen LogP contribution is 2.25. The lowest BCUT2D eigenvalue weighted by atomic mass is 9.90. The summed E-state index contributed by atoms with van der Waals surface area (Å²) < 4.78 is 5.62. The Morgan fingerprint density at radius 2 is 2.30 bits per heavy atom. The average Bonchev–Trinajstić information content (AvgIpc) is 2.99. The van der Waals surface area contributed by atoms with Crippen molar-refractivity contribution in [1.29, 1.82) is 0 Å². The van der Waals surface area contributed by atoms with E-state index in [-0.39, 0.29) is 17.9 Å². The minimum Gasteiger partial charge on any atom is -0.376 e. The van der Waals surface area contributed by atoms with E-state index in [2.05, 4.69) is 17.4 Å². The van der Waals surface area contributed by atoms with Crippen molar-refractivity contribution in [2.24, 2.45) is 0 Å². The fourth-order valence-corrected chi connectivity index (χ4v) is 3.17. The number of carbonyl (C=O) groups is 1. The molecule has 0 aliphatic carbocycles. The summed E-state index contributed by atoms with van der Waals surface area (Å²) in [5.74, 6) is 0.131.